The van der Waals surface area contributed by atoms with Crippen molar-refractivity contribution in [2.75, 3.05) is 20.3 Å². The van der Waals surface area contributed by atoms with Gasteiger partial charge in [-0.1, -0.05) is 69.7 Å². The Morgan fingerprint density at radius 2 is 1.88 bits per heavy atom. The molecule has 6 rings (SSSR count). The maximum Gasteiger partial charge on any atom is 0.343 e. The van der Waals surface area contributed by atoms with Crippen molar-refractivity contribution in [2.24, 2.45) is 4.99 Å². The highest BCUT2D eigenvalue weighted by Gasteiger charge is 2.32. The summed E-state index contributed by atoms with van der Waals surface area (Å²) in [5.74, 6) is 0.429. The molecule has 41 heavy (non-hydrogen) atoms. The van der Waals surface area contributed by atoms with Crippen LogP contribution in [0.5, 0.6) is 11.5 Å². The van der Waals surface area contributed by atoms with E-state index in [0.717, 1.165) is 45.3 Å². The highest BCUT2D eigenvalue weighted by Crippen LogP contribution is 2.41. The van der Waals surface area contributed by atoms with Gasteiger partial charge >= 0.3 is 5.97 Å². The fourth-order valence-corrected chi connectivity index (χ4v) is 6.58. The number of aromatic nitrogens is 1. The summed E-state index contributed by atoms with van der Waals surface area (Å²) in [6.45, 7) is 2.07. The van der Waals surface area contributed by atoms with Crippen molar-refractivity contribution in [1.82, 2.24) is 4.57 Å². The minimum atomic E-state index is -0.483. The van der Waals surface area contributed by atoms with E-state index in [9.17, 15) is 9.59 Å². The molecule has 7 nitrogen and oxygen atoms in total. The van der Waals surface area contributed by atoms with Gasteiger partial charge in [-0.15, -0.1) is 0 Å². The van der Waals surface area contributed by atoms with Crippen molar-refractivity contribution in [3.63, 3.8) is 0 Å². The van der Waals surface area contributed by atoms with Crippen LogP contribution >= 0.6 is 27.3 Å². The molecule has 2 heterocycles. The summed E-state index contributed by atoms with van der Waals surface area (Å²) in [5, 5.41) is 0. The van der Waals surface area contributed by atoms with Crippen LogP contribution < -0.4 is 24.4 Å². The molecule has 1 aliphatic heterocycles. The zero-order chi connectivity index (χ0) is 28.5. The summed E-state index contributed by atoms with van der Waals surface area (Å²) in [6.07, 6.45) is 3.60. The third-order valence-electron chi connectivity index (χ3n) is 7.20. The first-order valence-corrected chi connectivity index (χ1v) is 14.9. The van der Waals surface area contributed by atoms with Gasteiger partial charge in [0.25, 0.3) is 5.56 Å². The quantitative estimate of drug-likeness (QED) is 0.268. The Kier molecular flexibility index (Phi) is 7.64. The second-order valence-electron chi connectivity index (χ2n) is 9.67. The smallest absolute Gasteiger partial charge is 0.343 e. The molecule has 0 spiro atoms. The number of thiazole rings is 1. The Morgan fingerprint density at radius 3 is 2.66 bits per heavy atom. The Bertz CT molecular complexity index is 1860. The SMILES string of the molecule is CCOc1cc(C=c2sc3n(c2=O)C(c2ccc(Br)cc2)C2=C(N=3)c3ccccc3CC2)ccc1OCC(=O)OC. The summed E-state index contributed by atoms with van der Waals surface area (Å²) in [5.41, 5.74) is 6.29. The van der Waals surface area contributed by atoms with E-state index in [1.54, 1.807) is 6.07 Å². The van der Waals surface area contributed by atoms with E-state index in [-0.39, 0.29) is 18.2 Å². The van der Waals surface area contributed by atoms with Crippen LogP contribution in [-0.2, 0) is 16.0 Å². The van der Waals surface area contributed by atoms with E-state index in [4.69, 9.17) is 14.5 Å². The Labute approximate surface area is 249 Å². The molecule has 1 aromatic heterocycles. The highest BCUT2D eigenvalue weighted by molar-refractivity contribution is 9.10. The number of nitrogens with zero attached hydrogens (tertiary/aromatic N) is 2. The van der Waals surface area contributed by atoms with Crippen molar-refractivity contribution in [1.29, 1.82) is 0 Å². The third kappa shape index (κ3) is 5.27. The van der Waals surface area contributed by atoms with E-state index < -0.39 is 5.97 Å². The number of rotatable bonds is 7. The second-order valence-corrected chi connectivity index (χ2v) is 11.6. The second kappa shape index (κ2) is 11.5. The summed E-state index contributed by atoms with van der Waals surface area (Å²) < 4.78 is 19.4. The van der Waals surface area contributed by atoms with Gasteiger partial charge in [-0.05, 0) is 72.4 Å². The van der Waals surface area contributed by atoms with Crippen molar-refractivity contribution in [3.8, 4) is 11.5 Å². The van der Waals surface area contributed by atoms with Crippen LogP contribution in [-0.4, -0.2) is 30.9 Å². The molecule has 1 atom stereocenters. The molecule has 0 N–H and O–H groups in total. The number of benzene rings is 3. The molecule has 1 aliphatic carbocycles. The topological polar surface area (TPSA) is 79.1 Å². The molecule has 1 unspecified atom stereocenters. The number of carbonyl (C=O) groups excluding carboxylic acids is 1. The lowest BCUT2D eigenvalue weighted by Gasteiger charge is -2.30. The number of hydrogen-bond acceptors (Lipinski definition) is 7. The number of halogens is 1. The van der Waals surface area contributed by atoms with Gasteiger partial charge in [0.2, 0.25) is 0 Å². The molecule has 208 valence electrons. The third-order valence-corrected chi connectivity index (χ3v) is 8.71. The van der Waals surface area contributed by atoms with Crippen LogP contribution in [0.1, 0.15) is 41.6 Å². The van der Waals surface area contributed by atoms with Crippen LogP contribution in [0.15, 0.2) is 86.6 Å². The minimum Gasteiger partial charge on any atom is -0.490 e. The molecular formula is C32H27BrN2O5S. The standard InChI is InChI=1S/C32H27BrN2O5S/c1-3-39-26-16-19(8-15-25(26)40-18-28(36)38-2)17-27-31(37)35-30(21-9-12-22(33)13-10-21)24-14-11-20-6-4-5-7-23(20)29(24)34-32(35)41-27/h4-10,12-13,15-17,30H,3,11,14,18H2,1-2H3. The van der Waals surface area contributed by atoms with Crippen molar-refractivity contribution in [3.05, 3.63) is 119 Å². The first kappa shape index (κ1) is 27.2. The normalized spacial score (nSPS) is 15.9. The van der Waals surface area contributed by atoms with Gasteiger partial charge in [0.15, 0.2) is 22.9 Å². The highest BCUT2D eigenvalue weighted by atomic mass is 79.9. The van der Waals surface area contributed by atoms with Crippen LogP contribution in [0.4, 0.5) is 0 Å². The summed E-state index contributed by atoms with van der Waals surface area (Å²) in [4.78, 5) is 31.3. The molecular weight excluding hydrogens is 604 g/mol. The Balaban J connectivity index is 1.48. The molecule has 0 fully saturated rings. The monoisotopic (exact) mass is 630 g/mol. The maximum absolute atomic E-state index is 14.0. The minimum absolute atomic E-state index is 0.0870. The Hall–Kier alpha value is -3.95. The summed E-state index contributed by atoms with van der Waals surface area (Å²) in [6, 6.07) is 21.7. The number of methoxy groups -OCH3 is 1. The van der Waals surface area contributed by atoms with Gasteiger partial charge < -0.3 is 14.2 Å². The lowest BCUT2D eigenvalue weighted by atomic mass is 9.83. The van der Waals surface area contributed by atoms with Gasteiger partial charge in [-0.25, -0.2) is 9.79 Å². The van der Waals surface area contributed by atoms with Gasteiger partial charge in [0.05, 0.1) is 30.0 Å². The largest absolute Gasteiger partial charge is 0.490 e. The molecule has 0 bridgehead atoms. The van der Waals surface area contributed by atoms with Crippen LogP contribution in [0, 0.1) is 0 Å². The van der Waals surface area contributed by atoms with E-state index in [1.807, 2.05) is 47.9 Å². The summed E-state index contributed by atoms with van der Waals surface area (Å²) in [7, 11) is 1.31. The van der Waals surface area contributed by atoms with E-state index in [1.165, 1.54) is 24.0 Å². The molecule has 0 saturated heterocycles. The molecule has 3 aromatic carbocycles. The van der Waals surface area contributed by atoms with E-state index in [2.05, 4.69) is 51.0 Å². The molecule has 9 heteroatoms. The van der Waals surface area contributed by atoms with Gasteiger partial charge in [-0.3, -0.25) is 9.36 Å². The van der Waals surface area contributed by atoms with Gasteiger partial charge in [0.1, 0.15) is 0 Å². The average molecular weight is 632 g/mol. The zero-order valence-electron chi connectivity index (χ0n) is 22.6. The van der Waals surface area contributed by atoms with Gasteiger partial charge in [-0.2, -0.15) is 0 Å². The number of allylic oxidation sites excluding steroid dienone is 1. The van der Waals surface area contributed by atoms with E-state index >= 15 is 0 Å². The van der Waals surface area contributed by atoms with Crippen LogP contribution in [0.3, 0.4) is 0 Å². The lowest BCUT2D eigenvalue weighted by Crippen LogP contribution is -2.38. The number of carbonyl (C=O) groups is 1. The fourth-order valence-electron chi connectivity index (χ4n) is 5.32. The molecule has 0 radical (unpaired) electrons. The van der Waals surface area contributed by atoms with Crippen LogP contribution in [0.2, 0.25) is 0 Å². The van der Waals surface area contributed by atoms with E-state index in [0.29, 0.717) is 27.4 Å². The molecule has 0 saturated carbocycles. The first-order chi connectivity index (χ1) is 20.0. The van der Waals surface area contributed by atoms with Gasteiger partial charge in [0, 0.05) is 10.0 Å². The maximum atomic E-state index is 14.0. The number of hydrogen-bond donors (Lipinski definition) is 0. The summed E-state index contributed by atoms with van der Waals surface area (Å²) >= 11 is 4.93. The van der Waals surface area contributed by atoms with Crippen molar-refractivity contribution in [2.45, 2.75) is 25.8 Å². The number of ether oxygens (including phenoxy) is 3. The predicted octanol–water partition coefficient (Wildman–Crippen LogP) is 5.03. The number of esters is 1. The zero-order valence-corrected chi connectivity index (χ0v) is 25.0. The molecule has 2 aliphatic rings. The van der Waals surface area contributed by atoms with Crippen molar-refractivity contribution >= 4 is 45.0 Å². The number of aryl methyl sites for hydroxylation is 1. The molecule has 0 amide bonds. The first-order valence-electron chi connectivity index (χ1n) is 13.3. The lowest BCUT2D eigenvalue weighted by molar-refractivity contribution is -0.142. The van der Waals surface area contributed by atoms with Crippen LogP contribution in [0.25, 0.3) is 11.8 Å². The fraction of sp³-hybridized carbons (Fsp3) is 0.219. The molecule has 4 aromatic rings. The average Bonchev–Trinajstić information content (AvgIpc) is 3.30. The Morgan fingerprint density at radius 1 is 1.07 bits per heavy atom. The predicted molar refractivity (Wildman–Crippen MR) is 162 cm³/mol. The number of fused-ring (bicyclic) bond motifs is 3. The van der Waals surface area contributed by atoms with Crippen molar-refractivity contribution < 1.29 is 19.0 Å².